The number of aryl methyl sites for hydroxylation is 1. The monoisotopic (exact) mass is 391 g/mol. The Bertz CT molecular complexity index is 934. The summed E-state index contributed by atoms with van der Waals surface area (Å²) in [6.45, 7) is 5.44. The Morgan fingerprint density at radius 3 is 2.59 bits per heavy atom. The molecule has 1 heterocycles. The van der Waals surface area contributed by atoms with Crippen molar-refractivity contribution in [3.8, 4) is 11.5 Å². The van der Waals surface area contributed by atoms with Gasteiger partial charge in [0.05, 0.1) is 20.3 Å². The molecule has 0 bridgehead atoms. The fourth-order valence-electron chi connectivity index (χ4n) is 3.85. The lowest BCUT2D eigenvalue weighted by Gasteiger charge is -2.26. The van der Waals surface area contributed by atoms with Crippen molar-refractivity contribution in [3.05, 3.63) is 71.8 Å². The fraction of sp³-hybridized carbons (Fsp3) is 0.360. The first-order chi connectivity index (χ1) is 14.3. The van der Waals surface area contributed by atoms with Crippen molar-refractivity contribution in [2.24, 2.45) is 0 Å². The normalized spacial score (nSPS) is 14.8. The summed E-state index contributed by atoms with van der Waals surface area (Å²) in [5, 5.41) is 2.41. The van der Waals surface area contributed by atoms with E-state index in [1.807, 2.05) is 6.07 Å². The Kier molecular flexibility index (Phi) is 6.65. The van der Waals surface area contributed by atoms with E-state index < -0.39 is 0 Å². The van der Waals surface area contributed by atoms with Crippen molar-refractivity contribution in [1.82, 2.24) is 4.90 Å². The predicted octanol–water partition coefficient (Wildman–Crippen LogP) is 4.69. The van der Waals surface area contributed by atoms with Crippen LogP contribution in [0.3, 0.4) is 0 Å². The minimum atomic E-state index is 0.499. The average molecular weight is 392 g/mol. The molecule has 0 N–H and O–H groups in total. The number of nitrogens with zero attached hydrogens (tertiary/aromatic N) is 1. The SMILES string of the molecule is COc1ccc(CCCN2CCOCC2)cc1COc1ccc2ccccc2c1. The van der Waals surface area contributed by atoms with E-state index >= 15 is 0 Å². The lowest BCUT2D eigenvalue weighted by Crippen LogP contribution is -2.36. The fourth-order valence-corrected chi connectivity index (χ4v) is 3.85. The first kappa shape index (κ1) is 19.7. The molecule has 1 fully saturated rings. The van der Waals surface area contributed by atoms with E-state index in [0.29, 0.717) is 6.61 Å². The van der Waals surface area contributed by atoms with Gasteiger partial charge in [0.1, 0.15) is 18.1 Å². The molecule has 4 nitrogen and oxygen atoms in total. The van der Waals surface area contributed by atoms with Gasteiger partial charge in [-0.3, -0.25) is 4.90 Å². The minimum absolute atomic E-state index is 0.499. The summed E-state index contributed by atoms with van der Waals surface area (Å²) in [6, 6.07) is 21.0. The van der Waals surface area contributed by atoms with Gasteiger partial charge in [-0.25, -0.2) is 0 Å². The second kappa shape index (κ2) is 9.77. The second-order valence-corrected chi connectivity index (χ2v) is 7.50. The highest BCUT2D eigenvalue weighted by molar-refractivity contribution is 5.83. The van der Waals surface area contributed by atoms with Crippen molar-refractivity contribution >= 4 is 10.8 Å². The van der Waals surface area contributed by atoms with Crippen LogP contribution in [0, 0.1) is 0 Å². The van der Waals surface area contributed by atoms with Crippen LogP contribution in [0.1, 0.15) is 17.5 Å². The lowest BCUT2D eigenvalue weighted by molar-refractivity contribution is 0.0374. The molecule has 1 saturated heterocycles. The Labute approximate surface area is 173 Å². The molecule has 0 aliphatic carbocycles. The maximum Gasteiger partial charge on any atom is 0.125 e. The summed E-state index contributed by atoms with van der Waals surface area (Å²) in [5.41, 5.74) is 2.42. The van der Waals surface area contributed by atoms with Gasteiger partial charge in [-0.05, 0) is 60.0 Å². The quantitative estimate of drug-likeness (QED) is 0.557. The van der Waals surface area contributed by atoms with Gasteiger partial charge in [-0.15, -0.1) is 0 Å². The molecule has 152 valence electrons. The van der Waals surface area contributed by atoms with Crippen molar-refractivity contribution in [3.63, 3.8) is 0 Å². The van der Waals surface area contributed by atoms with E-state index in [4.69, 9.17) is 14.2 Å². The van der Waals surface area contributed by atoms with Crippen molar-refractivity contribution in [2.75, 3.05) is 40.0 Å². The zero-order valence-electron chi connectivity index (χ0n) is 17.1. The molecule has 0 unspecified atom stereocenters. The third kappa shape index (κ3) is 5.28. The van der Waals surface area contributed by atoms with Gasteiger partial charge in [0.15, 0.2) is 0 Å². The number of morpholine rings is 1. The summed E-state index contributed by atoms with van der Waals surface area (Å²) < 4.78 is 17.1. The van der Waals surface area contributed by atoms with Crippen LogP contribution in [0.5, 0.6) is 11.5 Å². The Hall–Kier alpha value is -2.56. The zero-order chi connectivity index (χ0) is 19.9. The topological polar surface area (TPSA) is 30.9 Å². The van der Waals surface area contributed by atoms with Gasteiger partial charge >= 0.3 is 0 Å². The third-order valence-electron chi connectivity index (χ3n) is 5.50. The summed E-state index contributed by atoms with van der Waals surface area (Å²) in [6.07, 6.45) is 2.21. The Morgan fingerprint density at radius 2 is 1.76 bits per heavy atom. The van der Waals surface area contributed by atoms with Gasteiger partial charge in [-0.1, -0.05) is 36.4 Å². The maximum atomic E-state index is 6.10. The third-order valence-corrected chi connectivity index (χ3v) is 5.50. The number of hydrogen-bond acceptors (Lipinski definition) is 4. The first-order valence-corrected chi connectivity index (χ1v) is 10.4. The molecule has 1 aliphatic heterocycles. The largest absolute Gasteiger partial charge is 0.496 e. The maximum absolute atomic E-state index is 6.10. The molecule has 0 saturated carbocycles. The van der Waals surface area contributed by atoms with Gasteiger partial charge in [0.2, 0.25) is 0 Å². The molecule has 0 spiro atoms. The lowest BCUT2D eigenvalue weighted by atomic mass is 10.1. The van der Waals surface area contributed by atoms with Crippen LogP contribution in [0.25, 0.3) is 10.8 Å². The molecule has 0 atom stereocenters. The van der Waals surface area contributed by atoms with E-state index in [2.05, 4.69) is 59.5 Å². The standard InChI is InChI=1S/C25H29NO3/c1-27-25-11-8-20(5-4-12-26-13-15-28-16-14-26)17-23(25)19-29-24-10-9-21-6-2-3-7-22(21)18-24/h2-3,6-11,17-18H,4-5,12-16,19H2,1H3. The molecule has 3 aromatic rings. The van der Waals surface area contributed by atoms with E-state index in [0.717, 1.165) is 62.8 Å². The smallest absolute Gasteiger partial charge is 0.125 e. The molecule has 29 heavy (non-hydrogen) atoms. The van der Waals surface area contributed by atoms with Crippen LogP contribution in [0.15, 0.2) is 60.7 Å². The molecule has 0 radical (unpaired) electrons. The molecule has 4 heteroatoms. The number of rotatable bonds is 8. The molecular weight excluding hydrogens is 362 g/mol. The van der Waals surface area contributed by atoms with Gasteiger partial charge in [0.25, 0.3) is 0 Å². The van der Waals surface area contributed by atoms with Crippen molar-refractivity contribution < 1.29 is 14.2 Å². The molecular formula is C25H29NO3. The highest BCUT2D eigenvalue weighted by Crippen LogP contribution is 2.25. The number of hydrogen-bond donors (Lipinski definition) is 0. The van der Waals surface area contributed by atoms with E-state index in [-0.39, 0.29) is 0 Å². The van der Waals surface area contributed by atoms with E-state index in [9.17, 15) is 0 Å². The molecule has 3 aromatic carbocycles. The highest BCUT2D eigenvalue weighted by Gasteiger charge is 2.10. The van der Waals surface area contributed by atoms with Crippen molar-refractivity contribution in [1.29, 1.82) is 0 Å². The van der Waals surface area contributed by atoms with Crippen molar-refractivity contribution in [2.45, 2.75) is 19.4 Å². The summed E-state index contributed by atoms with van der Waals surface area (Å²) in [7, 11) is 1.72. The van der Waals surface area contributed by atoms with Crippen LogP contribution in [0.2, 0.25) is 0 Å². The van der Waals surface area contributed by atoms with Crippen LogP contribution in [0.4, 0.5) is 0 Å². The van der Waals surface area contributed by atoms with Gasteiger partial charge in [0, 0.05) is 18.7 Å². The molecule has 1 aliphatic rings. The number of benzene rings is 3. The Morgan fingerprint density at radius 1 is 0.931 bits per heavy atom. The van der Waals surface area contributed by atoms with E-state index in [1.165, 1.54) is 16.3 Å². The number of ether oxygens (including phenoxy) is 3. The number of fused-ring (bicyclic) bond motifs is 1. The number of methoxy groups -OCH3 is 1. The van der Waals surface area contributed by atoms with Crippen LogP contribution in [-0.4, -0.2) is 44.9 Å². The second-order valence-electron chi connectivity index (χ2n) is 7.50. The molecule has 4 rings (SSSR count). The molecule has 0 amide bonds. The van der Waals surface area contributed by atoms with Gasteiger partial charge < -0.3 is 14.2 Å². The minimum Gasteiger partial charge on any atom is -0.496 e. The molecule has 0 aromatic heterocycles. The van der Waals surface area contributed by atoms with E-state index in [1.54, 1.807) is 7.11 Å². The average Bonchev–Trinajstić information content (AvgIpc) is 2.78. The highest BCUT2D eigenvalue weighted by atomic mass is 16.5. The Balaban J connectivity index is 1.38. The summed E-state index contributed by atoms with van der Waals surface area (Å²) in [4.78, 5) is 2.48. The summed E-state index contributed by atoms with van der Waals surface area (Å²) >= 11 is 0. The summed E-state index contributed by atoms with van der Waals surface area (Å²) in [5.74, 6) is 1.76. The zero-order valence-corrected chi connectivity index (χ0v) is 17.1. The van der Waals surface area contributed by atoms with Crippen LogP contribution >= 0.6 is 0 Å². The van der Waals surface area contributed by atoms with Crippen LogP contribution in [-0.2, 0) is 17.8 Å². The first-order valence-electron chi connectivity index (χ1n) is 10.4. The van der Waals surface area contributed by atoms with Crippen LogP contribution < -0.4 is 9.47 Å². The van der Waals surface area contributed by atoms with Gasteiger partial charge in [-0.2, -0.15) is 0 Å². The predicted molar refractivity (Wildman–Crippen MR) is 117 cm³/mol.